The van der Waals surface area contributed by atoms with Crippen molar-refractivity contribution in [2.75, 3.05) is 10.6 Å². The van der Waals surface area contributed by atoms with Gasteiger partial charge in [0.05, 0.1) is 27.5 Å². The largest absolute Gasteiger partial charge is 0.320 e. The van der Waals surface area contributed by atoms with E-state index >= 15 is 0 Å². The maximum absolute atomic E-state index is 13.2. The highest BCUT2D eigenvalue weighted by atomic mass is 35.5. The van der Waals surface area contributed by atoms with Gasteiger partial charge in [0.25, 0.3) is 11.8 Å². The van der Waals surface area contributed by atoms with Crippen LogP contribution in [-0.2, 0) is 19.9 Å². The number of halogens is 3. The Kier molecular flexibility index (Phi) is 6.06. The number of thiophene rings is 1. The van der Waals surface area contributed by atoms with E-state index in [0.717, 1.165) is 36.1 Å². The molecule has 156 valence electrons. The normalized spacial score (nSPS) is 13.1. The Hall–Kier alpha value is -2.06. The van der Waals surface area contributed by atoms with E-state index in [4.69, 9.17) is 34.8 Å². The predicted molar refractivity (Wildman–Crippen MR) is 122 cm³/mol. The molecule has 30 heavy (non-hydrogen) atoms. The maximum Gasteiger partial charge on any atom is 0.276 e. The molecule has 1 aliphatic rings. The molecule has 0 saturated carbocycles. The summed E-state index contributed by atoms with van der Waals surface area (Å²) < 4.78 is 1.40. The van der Waals surface area contributed by atoms with E-state index < -0.39 is 5.91 Å². The molecule has 10 heteroatoms. The van der Waals surface area contributed by atoms with E-state index in [0.29, 0.717) is 26.3 Å². The van der Waals surface area contributed by atoms with Gasteiger partial charge >= 0.3 is 0 Å². The third-order valence-electron chi connectivity index (χ3n) is 4.91. The number of carbonyl (C=O) groups is 2. The number of hydrogen-bond donors (Lipinski definition) is 2. The molecule has 2 heterocycles. The summed E-state index contributed by atoms with van der Waals surface area (Å²) in [6.07, 6.45) is 5.10. The van der Waals surface area contributed by atoms with Crippen LogP contribution in [-0.4, -0.2) is 21.6 Å². The summed E-state index contributed by atoms with van der Waals surface area (Å²) in [5, 5.41) is 11.3. The van der Waals surface area contributed by atoms with Crippen molar-refractivity contribution in [1.82, 2.24) is 9.78 Å². The number of nitrogens with zero attached hydrogens (tertiary/aromatic N) is 2. The molecule has 1 aliphatic carbocycles. The van der Waals surface area contributed by atoms with Crippen LogP contribution < -0.4 is 10.6 Å². The highest BCUT2D eigenvalue weighted by Gasteiger charge is 2.28. The molecule has 2 amide bonds. The van der Waals surface area contributed by atoms with Crippen molar-refractivity contribution in [2.24, 2.45) is 7.05 Å². The van der Waals surface area contributed by atoms with Crippen molar-refractivity contribution in [3.8, 4) is 0 Å². The van der Waals surface area contributed by atoms with Gasteiger partial charge in [0.2, 0.25) is 0 Å². The Labute approximate surface area is 192 Å². The second-order valence-corrected chi connectivity index (χ2v) is 9.27. The first-order valence-electron chi connectivity index (χ1n) is 9.25. The lowest BCUT2D eigenvalue weighted by Gasteiger charge is -2.14. The van der Waals surface area contributed by atoms with Crippen molar-refractivity contribution in [1.29, 1.82) is 0 Å². The first kappa shape index (κ1) is 21.2. The molecule has 6 nitrogen and oxygen atoms in total. The van der Waals surface area contributed by atoms with Gasteiger partial charge in [0, 0.05) is 16.9 Å². The molecule has 0 atom stereocenters. The molecule has 4 rings (SSSR count). The van der Waals surface area contributed by atoms with Gasteiger partial charge in [-0.15, -0.1) is 11.3 Å². The molecule has 0 unspecified atom stereocenters. The fourth-order valence-corrected chi connectivity index (χ4v) is 5.37. The number of hydrogen-bond acceptors (Lipinski definition) is 4. The number of anilines is 2. The minimum absolute atomic E-state index is 0.229. The molecule has 0 radical (unpaired) electrons. The number of carbonyl (C=O) groups excluding carboxylic acids is 2. The van der Waals surface area contributed by atoms with Crippen molar-refractivity contribution in [3.63, 3.8) is 0 Å². The fourth-order valence-electron chi connectivity index (χ4n) is 3.50. The zero-order valence-corrected chi connectivity index (χ0v) is 19.0. The van der Waals surface area contributed by atoms with Crippen LogP contribution in [0, 0.1) is 0 Å². The minimum atomic E-state index is -0.423. The van der Waals surface area contributed by atoms with Crippen molar-refractivity contribution >= 4 is 68.6 Å². The number of aryl methyl sites for hydroxylation is 2. The Morgan fingerprint density at radius 1 is 1.07 bits per heavy atom. The Bertz CT molecular complexity index is 1140. The average Bonchev–Trinajstić information content (AvgIpc) is 3.23. The van der Waals surface area contributed by atoms with Gasteiger partial charge in [-0.05, 0) is 49.4 Å². The summed E-state index contributed by atoms with van der Waals surface area (Å²) >= 11 is 19.8. The van der Waals surface area contributed by atoms with Crippen molar-refractivity contribution in [2.45, 2.75) is 25.7 Å². The lowest BCUT2D eigenvalue weighted by molar-refractivity contribution is 0.101. The monoisotopic (exact) mass is 482 g/mol. The molecule has 0 fully saturated rings. The zero-order valence-electron chi connectivity index (χ0n) is 15.9. The van der Waals surface area contributed by atoms with Crippen LogP contribution in [0.4, 0.5) is 10.7 Å². The van der Waals surface area contributed by atoms with Gasteiger partial charge in [0.1, 0.15) is 10.7 Å². The number of fused-ring (bicyclic) bond motifs is 1. The number of amides is 2. The van der Waals surface area contributed by atoms with E-state index in [1.165, 1.54) is 22.2 Å². The van der Waals surface area contributed by atoms with Crippen LogP contribution in [0.2, 0.25) is 15.1 Å². The quantitative estimate of drug-likeness (QED) is 0.490. The summed E-state index contributed by atoms with van der Waals surface area (Å²) in [6.45, 7) is 0. The van der Waals surface area contributed by atoms with Gasteiger partial charge < -0.3 is 10.6 Å². The Morgan fingerprint density at radius 3 is 2.57 bits per heavy atom. The van der Waals surface area contributed by atoms with Crippen LogP contribution in [0.25, 0.3) is 0 Å². The summed E-state index contributed by atoms with van der Waals surface area (Å²) in [7, 11) is 1.63. The molecule has 0 saturated heterocycles. The Balaban J connectivity index is 1.70. The van der Waals surface area contributed by atoms with Crippen molar-refractivity contribution < 1.29 is 9.59 Å². The van der Waals surface area contributed by atoms with Crippen LogP contribution in [0.15, 0.2) is 24.4 Å². The van der Waals surface area contributed by atoms with E-state index in [-0.39, 0.29) is 16.6 Å². The van der Waals surface area contributed by atoms with Gasteiger partial charge in [-0.2, -0.15) is 5.10 Å². The maximum atomic E-state index is 13.2. The molecule has 2 aromatic heterocycles. The van der Waals surface area contributed by atoms with Crippen LogP contribution in [0.3, 0.4) is 0 Å². The minimum Gasteiger partial charge on any atom is -0.320 e. The third kappa shape index (κ3) is 4.07. The van der Waals surface area contributed by atoms with Gasteiger partial charge in [-0.1, -0.05) is 34.8 Å². The second kappa shape index (κ2) is 8.59. The van der Waals surface area contributed by atoms with Crippen molar-refractivity contribution in [3.05, 3.63) is 61.2 Å². The number of benzene rings is 1. The van der Waals surface area contributed by atoms with Crippen LogP contribution in [0.1, 0.15) is 44.1 Å². The second-order valence-electron chi connectivity index (χ2n) is 6.91. The molecular weight excluding hydrogens is 467 g/mol. The van der Waals surface area contributed by atoms with Crippen LogP contribution >= 0.6 is 46.1 Å². The van der Waals surface area contributed by atoms with Gasteiger partial charge in [-0.3, -0.25) is 14.3 Å². The predicted octanol–water partition coefficient (Wildman–Crippen LogP) is 5.83. The Morgan fingerprint density at radius 2 is 1.83 bits per heavy atom. The molecule has 2 N–H and O–H groups in total. The highest BCUT2D eigenvalue weighted by molar-refractivity contribution is 7.17. The summed E-state index contributed by atoms with van der Waals surface area (Å²) in [5.41, 5.74) is 2.06. The number of rotatable bonds is 4. The lowest BCUT2D eigenvalue weighted by atomic mass is 9.95. The molecule has 0 bridgehead atoms. The molecule has 3 aromatic rings. The zero-order chi connectivity index (χ0) is 21.4. The van der Waals surface area contributed by atoms with E-state index in [9.17, 15) is 9.59 Å². The van der Waals surface area contributed by atoms with Gasteiger partial charge in [0.15, 0.2) is 0 Å². The first-order valence-corrected chi connectivity index (χ1v) is 11.2. The number of nitrogens with one attached hydrogen (secondary N) is 2. The van der Waals surface area contributed by atoms with Crippen LogP contribution in [0.5, 0.6) is 0 Å². The lowest BCUT2D eigenvalue weighted by Crippen LogP contribution is -2.20. The fraction of sp³-hybridized carbons (Fsp3) is 0.250. The molecular formula is C20H17Cl3N4O2S. The smallest absolute Gasteiger partial charge is 0.276 e. The average molecular weight is 484 g/mol. The topological polar surface area (TPSA) is 76.0 Å². The summed E-state index contributed by atoms with van der Waals surface area (Å²) in [5.74, 6) is -0.765. The van der Waals surface area contributed by atoms with E-state index in [2.05, 4.69) is 15.7 Å². The molecule has 1 aromatic carbocycles. The SMILES string of the molecule is Cn1ncc(Cl)c1C(=O)Nc1sc2c(c1C(=O)Nc1cc(Cl)ccc1Cl)CCCC2. The molecule has 0 aliphatic heterocycles. The van der Waals surface area contributed by atoms with E-state index in [1.807, 2.05) is 0 Å². The van der Waals surface area contributed by atoms with Gasteiger partial charge in [-0.25, -0.2) is 0 Å². The summed E-state index contributed by atoms with van der Waals surface area (Å²) in [6, 6.07) is 4.86. The highest BCUT2D eigenvalue weighted by Crippen LogP contribution is 2.39. The van der Waals surface area contributed by atoms with E-state index in [1.54, 1.807) is 25.2 Å². The molecule has 0 spiro atoms. The summed E-state index contributed by atoms with van der Waals surface area (Å²) in [4.78, 5) is 27.2. The first-order chi connectivity index (χ1) is 14.3. The number of aromatic nitrogens is 2. The standard InChI is InChI=1S/C20H17Cl3N4O2S/c1-27-17(13(23)9-24-27)19(29)26-20-16(11-4-2-3-5-15(11)30-20)18(28)25-14-8-10(21)6-7-12(14)22/h6-9H,2-5H2,1H3,(H,25,28)(H,26,29). The third-order valence-corrected chi connectivity index (χ3v) is 6.96.